The monoisotopic (exact) mass is 265 g/mol. The van der Waals surface area contributed by atoms with Crippen LogP contribution >= 0.6 is 0 Å². The van der Waals surface area contributed by atoms with Crippen LogP contribution in [0.2, 0.25) is 0 Å². The van der Waals surface area contributed by atoms with Gasteiger partial charge in [0.1, 0.15) is 5.60 Å². The van der Waals surface area contributed by atoms with Gasteiger partial charge in [-0.1, -0.05) is 0 Å². The van der Waals surface area contributed by atoms with Crippen LogP contribution in [0.3, 0.4) is 0 Å². The van der Waals surface area contributed by atoms with Crippen LogP contribution < -0.4 is 0 Å². The van der Waals surface area contributed by atoms with Crippen LogP contribution in [0.25, 0.3) is 0 Å². The van der Waals surface area contributed by atoms with Gasteiger partial charge in [-0.2, -0.15) is 5.10 Å². The minimum Gasteiger partial charge on any atom is -0.444 e. The number of ether oxygens (including phenoxy) is 1. The number of nitrogens with one attached hydrogen (secondary N) is 1. The van der Waals surface area contributed by atoms with Crippen LogP contribution in [0, 0.1) is 6.92 Å². The van der Waals surface area contributed by atoms with E-state index in [1.165, 1.54) is 0 Å². The van der Waals surface area contributed by atoms with Crippen molar-refractivity contribution in [1.29, 1.82) is 0 Å². The van der Waals surface area contributed by atoms with Gasteiger partial charge in [-0.05, 0) is 46.1 Å². The number of aryl methyl sites for hydroxylation is 1. The first kappa shape index (κ1) is 13.9. The molecule has 2 heterocycles. The summed E-state index contributed by atoms with van der Waals surface area (Å²) in [5.41, 5.74) is 1.87. The molecule has 1 aliphatic heterocycles. The normalized spacial score (nSPS) is 20.4. The van der Waals surface area contributed by atoms with E-state index in [4.69, 9.17) is 4.74 Å². The lowest BCUT2D eigenvalue weighted by Gasteiger charge is -2.34. The van der Waals surface area contributed by atoms with E-state index < -0.39 is 5.60 Å². The van der Waals surface area contributed by atoms with E-state index in [2.05, 4.69) is 10.2 Å². The second-order valence-corrected chi connectivity index (χ2v) is 6.23. The Bertz CT molecular complexity index is 448. The second-order valence-electron chi connectivity index (χ2n) is 6.23. The number of carbonyl (C=O) groups is 1. The number of nitrogens with zero attached hydrogens (tertiary/aromatic N) is 2. The quantitative estimate of drug-likeness (QED) is 0.849. The predicted octanol–water partition coefficient (Wildman–Crippen LogP) is 2.83. The van der Waals surface area contributed by atoms with Crippen molar-refractivity contribution < 1.29 is 9.53 Å². The van der Waals surface area contributed by atoms with Gasteiger partial charge in [-0.3, -0.25) is 5.10 Å². The highest BCUT2D eigenvalue weighted by Gasteiger charge is 2.29. The van der Waals surface area contributed by atoms with Crippen molar-refractivity contribution in [2.75, 3.05) is 13.1 Å². The lowest BCUT2D eigenvalue weighted by Crippen LogP contribution is -2.42. The predicted molar refractivity (Wildman–Crippen MR) is 73.1 cm³/mol. The number of hydrogen-bond acceptors (Lipinski definition) is 3. The minimum absolute atomic E-state index is 0.214. The van der Waals surface area contributed by atoms with Crippen molar-refractivity contribution in [2.45, 2.75) is 52.1 Å². The molecule has 0 unspecified atom stereocenters. The molecule has 1 N–H and O–H groups in total. The molecule has 1 amide bonds. The molecule has 0 radical (unpaired) electrons. The standard InChI is InChI=1S/C14H23N3O2/c1-10-8-15-16-12(10)11-6-5-7-17(9-11)13(18)19-14(2,3)4/h8,11H,5-7,9H2,1-4H3,(H,15,16)/t11-/m1/s1. The third kappa shape index (κ3) is 3.49. The lowest BCUT2D eigenvalue weighted by molar-refractivity contribution is 0.0197. The summed E-state index contributed by atoms with van der Waals surface area (Å²) in [5, 5.41) is 7.12. The Balaban J connectivity index is 2.01. The molecule has 5 heteroatoms. The first-order valence-electron chi connectivity index (χ1n) is 6.84. The number of carbonyl (C=O) groups excluding carboxylic acids is 1. The van der Waals surface area contributed by atoms with E-state index in [-0.39, 0.29) is 6.09 Å². The number of amides is 1. The van der Waals surface area contributed by atoms with Crippen LogP contribution in [0.5, 0.6) is 0 Å². The fourth-order valence-corrected chi connectivity index (χ4v) is 2.47. The van der Waals surface area contributed by atoms with Gasteiger partial charge in [0.05, 0.1) is 6.20 Å². The summed E-state index contributed by atoms with van der Waals surface area (Å²) in [6, 6.07) is 0. The van der Waals surface area contributed by atoms with Gasteiger partial charge >= 0.3 is 6.09 Å². The molecule has 106 valence electrons. The largest absolute Gasteiger partial charge is 0.444 e. The second kappa shape index (κ2) is 5.23. The van der Waals surface area contributed by atoms with Crippen LogP contribution in [0.1, 0.15) is 50.8 Å². The van der Waals surface area contributed by atoms with Crippen molar-refractivity contribution in [1.82, 2.24) is 15.1 Å². The van der Waals surface area contributed by atoms with Crippen LogP contribution in [0.15, 0.2) is 6.20 Å². The van der Waals surface area contributed by atoms with Crippen molar-refractivity contribution >= 4 is 6.09 Å². The number of H-pyrrole nitrogens is 1. The summed E-state index contributed by atoms with van der Waals surface area (Å²) in [5.74, 6) is 0.337. The average Bonchev–Trinajstić information content (AvgIpc) is 2.73. The molecular formula is C14H23N3O2. The van der Waals surface area contributed by atoms with Crippen LogP contribution in [0.4, 0.5) is 4.79 Å². The Morgan fingerprint density at radius 3 is 2.84 bits per heavy atom. The maximum atomic E-state index is 12.1. The zero-order valence-corrected chi connectivity index (χ0v) is 12.2. The summed E-state index contributed by atoms with van der Waals surface area (Å²) in [4.78, 5) is 13.9. The number of aromatic nitrogens is 2. The molecule has 5 nitrogen and oxygen atoms in total. The summed E-state index contributed by atoms with van der Waals surface area (Å²) >= 11 is 0. The van der Waals surface area contributed by atoms with E-state index in [0.717, 1.165) is 30.6 Å². The smallest absolute Gasteiger partial charge is 0.410 e. The molecule has 1 aliphatic rings. The molecule has 0 aromatic carbocycles. The Morgan fingerprint density at radius 2 is 2.26 bits per heavy atom. The molecule has 2 rings (SSSR count). The van der Waals surface area contributed by atoms with Gasteiger partial charge in [0.2, 0.25) is 0 Å². The van der Waals surface area contributed by atoms with E-state index in [1.54, 1.807) is 4.90 Å². The van der Waals surface area contributed by atoms with E-state index in [1.807, 2.05) is 33.9 Å². The van der Waals surface area contributed by atoms with Gasteiger partial charge in [-0.25, -0.2) is 4.79 Å². The van der Waals surface area contributed by atoms with Crippen molar-refractivity contribution in [3.63, 3.8) is 0 Å². The average molecular weight is 265 g/mol. The van der Waals surface area contributed by atoms with E-state index >= 15 is 0 Å². The summed E-state index contributed by atoms with van der Waals surface area (Å²) in [7, 11) is 0. The van der Waals surface area contributed by atoms with Crippen molar-refractivity contribution in [3.05, 3.63) is 17.5 Å². The van der Waals surface area contributed by atoms with Crippen molar-refractivity contribution in [3.8, 4) is 0 Å². The third-order valence-corrected chi connectivity index (χ3v) is 3.35. The number of likely N-dealkylation sites (tertiary alicyclic amines) is 1. The molecule has 0 aliphatic carbocycles. The number of hydrogen-bond donors (Lipinski definition) is 1. The Morgan fingerprint density at radius 1 is 1.53 bits per heavy atom. The van der Waals surface area contributed by atoms with Gasteiger partial charge in [-0.15, -0.1) is 0 Å². The maximum absolute atomic E-state index is 12.1. The number of rotatable bonds is 1. The van der Waals surface area contributed by atoms with Gasteiger partial charge < -0.3 is 9.64 Å². The first-order chi connectivity index (χ1) is 8.87. The number of aromatic amines is 1. The Labute approximate surface area is 114 Å². The summed E-state index contributed by atoms with van der Waals surface area (Å²) < 4.78 is 5.43. The first-order valence-corrected chi connectivity index (χ1v) is 6.84. The van der Waals surface area contributed by atoms with Gasteiger partial charge in [0.15, 0.2) is 0 Å². The third-order valence-electron chi connectivity index (χ3n) is 3.35. The van der Waals surface area contributed by atoms with E-state index in [9.17, 15) is 4.79 Å². The molecule has 1 saturated heterocycles. The highest BCUT2D eigenvalue weighted by molar-refractivity contribution is 5.68. The Kier molecular flexibility index (Phi) is 3.83. The van der Waals surface area contributed by atoms with Gasteiger partial charge in [0.25, 0.3) is 0 Å². The van der Waals surface area contributed by atoms with Gasteiger partial charge in [0, 0.05) is 24.7 Å². The highest BCUT2D eigenvalue weighted by Crippen LogP contribution is 2.28. The lowest BCUT2D eigenvalue weighted by atomic mass is 9.93. The summed E-state index contributed by atoms with van der Waals surface area (Å²) in [6.45, 7) is 9.21. The summed E-state index contributed by atoms with van der Waals surface area (Å²) in [6.07, 6.45) is 3.71. The molecule has 1 fully saturated rings. The molecule has 0 bridgehead atoms. The van der Waals surface area contributed by atoms with Crippen molar-refractivity contribution in [2.24, 2.45) is 0 Å². The molecule has 19 heavy (non-hydrogen) atoms. The highest BCUT2D eigenvalue weighted by atomic mass is 16.6. The SMILES string of the molecule is Cc1cn[nH]c1[C@@H]1CCCN(C(=O)OC(C)(C)C)C1. The number of piperidine rings is 1. The maximum Gasteiger partial charge on any atom is 0.410 e. The molecule has 0 spiro atoms. The zero-order chi connectivity index (χ0) is 14.0. The zero-order valence-electron chi connectivity index (χ0n) is 12.2. The molecule has 0 saturated carbocycles. The Hall–Kier alpha value is -1.52. The fourth-order valence-electron chi connectivity index (χ4n) is 2.47. The topological polar surface area (TPSA) is 58.2 Å². The molecule has 1 aromatic rings. The molecule has 1 aromatic heterocycles. The fraction of sp³-hybridized carbons (Fsp3) is 0.714. The minimum atomic E-state index is -0.437. The molecule has 1 atom stereocenters. The van der Waals surface area contributed by atoms with Crippen LogP contribution in [-0.4, -0.2) is 39.9 Å². The van der Waals surface area contributed by atoms with Crippen LogP contribution in [-0.2, 0) is 4.74 Å². The van der Waals surface area contributed by atoms with E-state index in [0.29, 0.717) is 12.5 Å². The molecular weight excluding hydrogens is 242 g/mol.